The molecule has 9 nitrogen and oxygen atoms in total. The second-order valence-electron chi connectivity index (χ2n) is 9.42. The van der Waals surface area contributed by atoms with Gasteiger partial charge < -0.3 is 15.8 Å². The third kappa shape index (κ3) is 5.47. The number of benzene rings is 2. The molecule has 4 N–H and O–H groups in total. The number of aromatic nitrogens is 3. The van der Waals surface area contributed by atoms with E-state index in [4.69, 9.17) is 10.5 Å². The highest BCUT2D eigenvalue weighted by Gasteiger charge is 2.25. The van der Waals surface area contributed by atoms with Crippen LogP contribution in [0.4, 0.5) is 20.4 Å². The molecular weight excluding hydrogens is 550 g/mol. The highest BCUT2D eigenvalue weighted by atomic mass is 32.1. The number of nitrogen functional groups attached to an aromatic ring is 1. The third-order valence-corrected chi connectivity index (χ3v) is 7.85. The first-order valence-electron chi connectivity index (χ1n) is 12.6. The fourth-order valence-electron chi connectivity index (χ4n) is 4.36. The number of nitrogens with two attached hydrogens (primary N) is 1. The molecule has 41 heavy (non-hydrogen) atoms. The van der Waals surface area contributed by atoms with Gasteiger partial charge in [0.2, 0.25) is 0 Å². The molecule has 1 fully saturated rings. The molecule has 2 aromatic carbocycles. The van der Waals surface area contributed by atoms with E-state index in [-0.39, 0.29) is 22.9 Å². The van der Waals surface area contributed by atoms with Crippen molar-refractivity contribution in [3.8, 4) is 10.4 Å². The molecule has 1 aliphatic heterocycles. The van der Waals surface area contributed by atoms with Crippen LogP contribution >= 0.6 is 11.3 Å². The van der Waals surface area contributed by atoms with Crippen molar-refractivity contribution in [3.05, 3.63) is 100 Å². The van der Waals surface area contributed by atoms with Crippen LogP contribution in [0, 0.1) is 11.6 Å². The Bertz CT molecular complexity index is 1810. The Kier molecular flexibility index (Phi) is 7.08. The van der Waals surface area contributed by atoms with Crippen molar-refractivity contribution in [1.29, 1.82) is 0 Å². The maximum atomic E-state index is 13.6. The monoisotopic (exact) mass is 572 g/mol. The van der Waals surface area contributed by atoms with Gasteiger partial charge in [-0.05, 0) is 59.7 Å². The van der Waals surface area contributed by atoms with Gasteiger partial charge in [-0.25, -0.2) is 23.7 Å². The molecule has 0 saturated carbocycles. The van der Waals surface area contributed by atoms with Crippen molar-refractivity contribution in [2.24, 2.45) is 0 Å². The molecule has 206 valence electrons. The lowest BCUT2D eigenvalue weighted by atomic mass is 9.97. The quantitative estimate of drug-likeness (QED) is 0.235. The van der Waals surface area contributed by atoms with E-state index in [9.17, 15) is 18.4 Å². The number of pyridine rings is 1. The van der Waals surface area contributed by atoms with Crippen LogP contribution in [0.1, 0.15) is 37.1 Å². The van der Waals surface area contributed by atoms with Crippen LogP contribution in [0.2, 0.25) is 0 Å². The molecule has 1 aliphatic rings. The molecule has 6 rings (SSSR count). The number of hydrogen-bond donors (Lipinski definition) is 3. The maximum Gasteiger partial charge on any atom is 0.261 e. The number of nitrogens with zero attached hydrogens (tertiary/aromatic N) is 3. The Morgan fingerprint density at radius 2 is 1.83 bits per heavy atom. The summed E-state index contributed by atoms with van der Waals surface area (Å²) in [6, 6.07) is 14.1. The number of ether oxygens (including phenoxy) is 1. The minimum absolute atomic E-state index is 0.0891. The average Bonchev–Trinajstić information content (AvgIpc) is 3.42. The van der Waals surface area contributed by atoms with Crippen LogP contribution in [0.25, 0.3) is 21.3 Å². The lowest BCUT2D eigenvalue weighted by Crippen LogP contribution is -2.32. The van der Waals surface area contributed by atoms with Gasteiger partial charge >= 0.3 is 0 Å². The Labute approximate surface area is 236 Å². The van der Waals surface area contributed by atoms with Crippen LogP contribution in [-0.2, 0) is 11.3 Å². The van der Waals surface area contributed by atoms with Gasteiger partial charge in [0, 0.05) is 32.8 Å². The van der Waals surface area contributed by atoms with E-state index < -0.39 is 23.4 Å². The number of halogens is 2. The molecule has 1 saturated heterocycles. The van der Waals surface area contributed by atoms with Crippen LogP contribution in [0.15, 0.2) is 67.1 Å². The normalized spacial score (nSPS) is 13.1. The van der Waals surface area contributed by atoms with Crippen molar-refractivity contribution in [2.45, 2.75) is 12.5 Å². The molecule has 0 bridgehead atoms. The molecular formula is C29H22F2N6O3S. The summed E-state index contributed by atoms with van der Waals surface area (Å²) in [5, 5.41) is 6.21. The van der Waals surface area contributed by atoms with E-state index in [0.717, 1.165) is 50.0 Å². The largest absolute Gasteiger partial charge is 0.383 e. The fourth-order valence-corrected chi connectivity index (χ4v) is 5.30. The highest BCUT2D eigenvalue weighted by molar-refractivity contribution is 7.15. The van der Waals surface area contributed by atoms with Crippen LogP contribution in [0.3, 0.4) is 0 Å². The molecule has 0 unspecified atom stereocenters. The number of amides is 2. The van der Waals surface area contributed by atoms with E-state index in [1.165, 1.54) is 6.33 Å². The van der Waals surface area contributed by atoms with E-state index in [1.54, 1.807) is 23.6 Å². The maximum absolute atomic E-state index is 13.6. The highest BCUT2D eigenvalue weighted by Crippen LogP contribution is 2.32. The molecule has 2 amide bonds. The number of fused-ring (bicyclic) bond motifs is 1. The average molecular weight is 573 g/mol. The van der Waals surface area contributed by atoms with Crippen molar-refractivity contribution >= 4 is 45.7 Å². The predicted molar refractivity (Wildman–Crippen MR) is 151 cm³/mol. The lowest BCUT2D eigenvalue weighted by molar-refractivity contribution is 0.00826. The van der Waals surface area contributed by atoms with Gasteiger partial charge in [0.1, 0.15) is 18.0 Å². The molecule has 0 aliphatic carbocycles. The molecule has 5 aromatic rings. The first kappa shape index (κ1) is 26.4. The third-order valence-electron chi connectivity index (χ3n) is 6.71. The van der Waals surface area contributed by atoms with Gasteiger partial charge in [-0.3, -0.25) is 14.9 Å². The standard InChI is InChI=1S/C29H22F2N6O3S/c30-22-4-1-16(9-23(22)31)28(38)37-29(39)21-8-17(18-12-40-13-18)10-33-27(21)34-11-19-3-6-25(41-19)15-2-5-24-20(7-15)26(32)36-14-35-24/h1-10,14,18H,11-13H2,(H,33,34)(H2,32,35,36)(H,37,38,39). The van der Waals surface area contributed by atoms with Gasteiger partial charge in [-0.15, -0.1) is 11.3 Å². The first-order chi connectivity index (χ1) is 19.9. The van der Waals surface area contributed by atoms with Crippen molar-refractivity contribution < 1.29 is 23.1 Å². The Morgan fingerprint density at radius 3 is 2.61 bits per heavy atom. The number of carbonyl (C=O) groups is 2. The topological polar surface area (TPSA) is 132 Å². The van der Waals surface area contributed by atoms with E-state index in [2.05, 4.69) is 25.6 Å². The predicted octanol–water partition coefficient (Wildman–Crippen LogP) is 4.91. The van der Waals surface area contributed by atoms with Crippen molar-refractivity contribution in [2.75, 3.05) is 24.3 Å². The summed E-state index contributed by atoms with van der Waals surface area (Å²) in [5.41, 5.74) is 8.51. The fraction of sp³-hybridized carbons (Fsp3) is 0.138. The van der Waals surface area contributed by atoms with Crippen LogP contribution < -0.4 is 16.4 Å². The first-order valence-corrected chi connectivity index (χ1v) is 13.4. The zero-order valence-electron chi connectivity index (χ0n) is 21.4. The lowest BCUT2D eigenvalue weighted by Gasteiger charge is -2.26. The van der Waals surface area contributed by atoms with Crippen molar-refractivity contribution in [3.63, 3.8) is 0 Å². The summed E-state index contributed by atoms with van der Waals surface area (Å²) in [6.07, 6.45) is 3.10. The molecule has 3 aromatic heterocycles. The minimum atomic E-state index is -1.18. The number of rotatable bonds is 7. The van der Waals surface area contributed by atoms with Gasteiger partial charge in [0.25, 0.3) is 11.8 Å². The summed E-state index contributed by atoms with van der Waals surface area (Å²) < 4.78 is 32.2. The molecule has 0 spiro atoms. The second-order valence-corrected chi connectivity index (χ2v) is 10.6. The van der Waals surface area contributed by atoms with Gasteiger partial charge in [0.15, 0.2) is 11.6 Å². The second kappa shape index (κ2) is 11.0. The summed E-state index contributed by atoms with van der Waals surface area (Å²) in [5.74, 6) is -3.08. The number of imide groups is 1. The van der Waals surface area contributed by atoms with E-state index in [1.807, 2.05) is 30.3 Å². The Balaban J connectivity index is 1.21. The smallest absolute Gasteiger partial charge is 0.261 e. The summed E-state index contributed by atoms with van der Waals surface area (Å²) in [4.78, 5) is 40.5. The zero-order chi connectivity index (χ0) is 28.5. The summed E-state index contributed by atoms with van der Waals surface area (Å²) >= 11 is 1.56. The van der Waals surface area contributed by atoms with Crippen LogP contribution in [-0.4, -0.2) is 40.0 Å². The summed E-state index contributed by atoms with van der Waals surface area (Å²) in [6.45, 7) is 1.38. The zero-order valence-corrected chi connectivity index (χ0v) is 22.2. The minimum Gasteiger partial charge on any atom is -0.383 e. The molecule has 4 heterocycles. The molecule has 0 radical (unpaired) electrons. The van der Waals surface area contributed by atoms with E-state index >= 15 is 0 Å². The number of carbonyl (C=O) groups excluding carboxylic acids is 2. The van der Waals surface area contributed by atoms with Crippen molar-refractivity contribution in [1.82, 2.24) is 20.3 Å². The number of nitrogens with one attached hydrogen (secondary N) is 2. The Hall–Kier alpha value is -4.81. The number of thiophene rings is 1. The SMILES string of the molecule is Nc1ncnc2ccc(-c3ccc(CNc4ncc(C5COC5)cc4C(=O)NC(=O)c4ccc(F)c(F)c4)s3)cc12. The number of anilines is 2. The van der Waals surface area contributed by atoms with Gasteiger partial charge in [-0.1, -0.05) is 6.07 Å². The molecule has 0 atom stereocenters. The van der Waals surface area contributed by atoms with Gasteiger partial charge in [-0.2, -0.15) is 0 Å². The van der Waals surface area contributed by atoms with Gasteiger partial charge in [0.05, 0.1) is 30.8 Å². The van der Waals surface area contributed by atoms with E-state index in [0.29, 0.717) is 25.6 Å². The van der Waals surface area contributed by atoms with Crippen LogP contribution in [0.5, 0.6) is 0 Å². The Morgan fingerprint density at radius 1 is 0.976 bits per heavy atom. The molecule has 12 heteroatoms. The number of hydrogen-bond acceptors (Lipinski definition) is 9. The summed E-state index contributed by atoms with van der Waals surface area (Å²) in [7, 11) is 0.